The summed E-state index contributed by atoms with van der Waals surface area (Å²) in [6.45, 7) is 1.42. The Morgan fingerprint density at radius 2 is 1.94 bits per heavy atom. The molecule has 0 spiro atoms. The third-order valence-electron chi connectivity index (χ3n) is 1.99. The molecule has 0 aromatic rings. The second-order valence-corrected chi connectivity index (χ2v) is 4.40. The van der Waals surface area contributed by atoms with Gasteiger partial charge in [-0.05, 0) is 25.4 Å². The summed E-state index contributed by atoms with van der Waals surface area (Å²) >= 11 is 1.48. The number of urea groups is 1. The van der Waals surface area contributed by atoms with Gasteiger partial charge in [0.15, 0.2) is 0 Å². The Kier molecular flexibility index (Phi) is 7.11. The number of carboxylic acids is 1. The standard InChI is InChI=1S/C9H17N3O4S/c1-5(7(10)13)11-9(16)12-6(8(14)15)3-4-17-2/h5-6H,3-4H2,1-2H3,(H2,10,13)(H,14,15)(H2,11,12,16)/t5?,6-/m0/s1. The summed E-state index contributed by atoms with van der Waals surface area (Å²) in [5.74, 6) is -1.18. The molecular formula is C9H17N3O4S. The number of nitrogens with one attached hydrogen (secondary N) is 2. The normalized spacial score (nSPS) is 13.5. The highest BCUT2D eigenvalue weighted by Gasteiger charge is 2.20. The van der Waals surface area contributed by atoms with E-state index in [2.05, 4.69) is 10.6 Å². The van der Waals surface area contributed by atoms with Crippen LogP contribution in [-0.4, -0.2) is 47.1 Å². The largest absolute Gasteiger partial charge is 0.480 e. The van der Waals surface area contributed by atoms with Gasteiger partial charge in [0.25, 0.3) is 0 Å². The molecule has 0 aromatic heterocycles. The maximum atomic E-state index is 11.3. The number of hydrogen-bond acceptors (Lipinski definition) is 4. The molecule has 2 atom stereocenters. The van der Waals surface area contributed by atoms with Crippen LogP contribution in [0.1, 0.15) is 13.3 Å². The van der Waals surface area contributed by atoms with Crippen molar-refractivity contribution in [3.8, 4) is 0 Å². The van der Waals surface area contributed by atoms with Crippen molar-refractivity contribution >= 4 is 29.7 Å². The molecule has 0 bridgehead atoms. The molecule has 0 aliphatic carbocycles. The van der Waals surface area contributed by atoms with Gasteiger partial charge in [0, 0.05) is 0 Å². The average molecular weight is 263 g/mol. The van der Waals surface area contributed by atoms with Crippen LogP contribution in [0.2, 0.25) is 0 Å². The monoisotopic (exact) mass is 263 g/mol. The minimum atomic E-state index is -1.11. The second-order valence-electron chi connectivity index (χ2n) is 3.41. The first kappa shape index (κ1) is 15.6. The van der Waals surface area contributed by atoms with Crippen molar-refractivity contribution in [1.29, 1.82) is 0 Å². The van der Waals surface area contributed by atoms with Crippen molar-refractivity contribution in [2.75, 3.05) is 12.0 Å². The smallest absolute Gasteiger partial charge is 0.326 e. The van der Waals surface area contributed by atoms with E-state index in [9.17, 15) is 14.4 Å². The molecule has 0 aromatic carbocycles. The lowest BCUT2D eigenvalue weighted by Gasteiger charge is -2.16. The van der Waals surface area contributed by atoms with Crippen LogP contribution in [0, 0.1) is 0 Å². The van der Waals surface area contributed by atoms with Gasteiger partial charge >= 0.3 is 12.0 Å². The Labute approximate surface area is 104 Å². The third kappa shape index (κ3) is 6.67. The number of nitrogens with two attached hydrogens (primary N) is 1. The van der Waals surface area contributed by atoms with E-state index in [4.69, 9.17) is 10.8 Å². The number of primary amides is 1. The lowest BCUT2D eigenvalue weighted by atomic mass is 10.2. The summed E-state index contributed by atoms with van der Waals surface area (Å²) in [6.07, 6.45) is 2.16. The first-order valence-electron chi connectivity index (χ1n) is 4.96. The summed E-state index contributed by atoms with van der Waals surface area (Å²) in [5.41, 5.74) is 4.95. The Hall–Kier alpha value is -1.44. The van der Waals surface area contributed by atoms with Crippen LogP contribution < -0.4 is 16.4 Å². The molecule has 1 unspecified atom stereocenters. The lowest BCUT2D eigenvalue weighted by molar-refractivity contribution is -0.139. The van der Waals surface area contributed by atoms with Gasteiger partial charge in [0.05, 0.1) is 0 Å². The van der Waals surface area contributed by atoms with E-state index >= 15 is 0 Å². The van der Waals surface area contributed by atoms with Gasteiger partial charge in [-0.25, -0.2) is 9.59 Å². The minimum absolute atomic E-state index is 0.314. The number of carbonyl (C=O) groups excluding carboxylic acids is 2. The van der Waals surface area contributed by atoms with Crippen LogP contribution in [0.25, 0.3) is 0 Å². The van der Waals surface area contributed by atoms with E-state index in [1.807, 2.05) is 6.26 Å². The summed E-state index contributed by atoms with van der Waals surface area (Å²) in [4.78, 5) is 32.8. The lowest BCUT2D eigenvalue weighted by Crippen LogP contribution is -2.51. The zero-order valence-electron chi connectivity index (χ0n) is 9.73. The molecule has 8 heteroatoms. The van der Waals surface area contributed by atoms with Gasteiger partial charge in [-0.3, -0.25) is 4.79 Å². The highest BCUT2D eigenvalue weighted by atomic mass is 32.2. The fourth-order valence-corrected chi connectivity index (χ4v) is 1.43. The van der Waals surface area contributed by atoms with Crippen LogP contribution in [0.15, 0.2) is 0 Å². The molecule has 0 aliphatic heterocycles. The molecule has 3 amide bonds. The fraction of sp³-hybridized carbons (Fsp3) is 0.667. The van der Waals surface area contributed by atoms with Crippen LogP contribution in [0.3, 0.4) is 0 Å². The first-order valence-corrected chi connectivity index (χ1v) is 6.36. The molecule has 0 heterocycles. The second kappa shape index (κ2) is 7.77. The molecule has 5 N–H and O–H groups in total. The maximum Gasteiger partial charge on any atom is 0.326 e. The van der Waals surface area contributed by atoms with E-state index in [0.29, 0.717) is 12.2 Å². The van der Waals surface area contributed by atoms with E-state index < -0.39 is 30.0 Å². The van der Waals surface area contributed by atoms with E-state index in [1.54, 1.807) is 0 Å². The summed E-state index contributed by atoms with van der Waals surface area (Å²) < 4.78 is 0. The molecule has 98 valence electrons. The van der Waals surface area contributed by atoms with Gasteiger partial charge in [-0.15, -0.1) is 0 Å². The summed E-state index contributed by atoms with van der Waals surface area (Å²) in [7, 11) is 0. The quantitative estimate of drug-likeness (QED) is 0.487. The van der Waals surface area contributed by atoms with E-state index in [0.717, 1.165) is 0 Å². The Bertz CT molecular complexity index is 298. The van der Waals surface area contributed by atoms with E-state index in [-0.39, 0.29) is 0 Å². The Balaban J connectivity index is 4.21. The minimum Gasteiger partial charge on any atom is -0.480 e. The number of hydrogen-bond donors (Lipinski definition) is 4. The number of carbonyl (C=O) groups is 3. The number of rotatable bonds is 7. The zero-order chi connectivity index (χ0) is 13.4. The molecule has 17 heavy (non-hydrogen) atoms. The molecule has 0 rings (SSSR count). The summed E-state index contributed by atoms with van der Waals surface area (Å²) in [5, 5.41) is 13.4. The van der Waals surface area contributed by atoms with Gasteiger partial charge in [0.1, 0.15) is 12.1 Å². The molecule has 0 fully saturated rings. The van der Waals surface area contributed by atoms with Crippen molar-refractivity contribution in [1.82, 2.24) is 10.6 Å². The molecule has 0 saturated heterocycles. The average Bonchev–Trinajstić information content (AvgIpc) is 2.23. The van der Waals surface area contributed by atoms with E-state index in [1.165, 1.54) is 18.7 Å². The SMILES string of the molecule is CSCC[C@H](NC(=O)NC(C)C(N)=O)C(=O)O. The number of aliphatic carboxylic acids is 1. The van der Waals surface area contributed by atoms with Crippen molar-refractivity contribution in [2.24, 2.45) is 5.73 Å². The van der Waals surface area contributed by atoms with Gasteiger partial charge in [-0.1, -0.05) is 0 Å². The molecule has 0 aliphatic rings. The van der Waals surface area contributed by atoms with Gasteiger partial charge < -0.3 is 21.5 Å². The predicted molar refractivity (Wildman–Crippen MR) is 64.7 cm³/mol. The zero-order valence-corrected chi connectivity index (χ0v) is 10.5. The highest BCUT2D eigenvalue weighted by molar-refractivity contribution is 7.98. The van der Waals surface area contributed by atoms with Crippen LogP contribution in [-0.2, 0) is 9.59 Å². The van der Waals surface area contributed by atoms with Crippen LogP contribution in [0.4, 0.5) is 4.79 Å². The van der Waals surface area contributed by atoms with Gasteiger partial charge in [0.2, 0.25) is 5.91 Å². The Morgan fingerprint density at radius 3 is 2.35 bits per heavy atom. The predicted octanol–water partition coefficient (Wildman–Crippen LogP) is -0.634. The first-order chi connectivity index (χ1) is 7.88. The van der Waals surface area contributed by atoms with Gasteiger partial charge in [-0.2, -0.15) is 11.8 Å². The van der Waals surface area contributed by atoms with Crippen molar-refractivity contribution in [3.05, 3.63) is 0 Å². The number of carboxylic acid groups (broad SMARTS) is 1. The number of amides is 3. The molecular weight excluding hydrogens is 246 g/mol. The highest BCUT2D eigenvalue weighted by Crippen LogP contribution is 2.00. The maximum absolute atomic E-state index is 11.3. The third-order valence-corrected chi connectivity index (χ3v) is 2.63. The molecule has 0 saturated carbocycles. The fourth-order valence-electron chi connectivity index (χ4n) is 0.961. The topological polar surface area (TPSA) is 122 Å². The van der Waals surface area contributed by atoms with Crippen molar-refractivity contribution < 1.29 is 19.5 Å². The Morgan fingerprint density at radius 1 is 1.35 bits per heavy atom. The summed E-state index contributed by atoms with van der Waals surface area (Å²) in [6, 6.07) is -2.53. The molecule has 7 nitrogen and oxygen atoms in total. The van der Waals surface area contributed by atoms with Crippen LogP contribution in [0.5, 0.6) is 0 Å². The van der Waals surface area contributed by atoms with Crippen molar-refractivity contribution in [3.63, 3.8) is 0 Å². The number of thioether (sulfide) groups is 1. The molecule has 0 radical (unpaired) electrons. The van der Waals surface area contributed by atoms with Crippen molar-refractivity contribution in [2.45, 2.75) is 25.4 Å². The van der Waals surface area contributed by atoms with Crippen LogP contribution >= 0.6 is 11.8 Å².